The van der Waals surface area contributed by atoms with E-state index in [0.29, 0.717) is 6.42 Å². The van der Waals surface area contributed by atoms with E-state index in [0.717, 1.165) is 53.5 Å². The van der Waals surface area contributed by atoms with Crippen LogP contribution in [0.25, 0.3) is 0 Å². The van der Waals surface area contributed by atoms with E-state index >= 15 is 0 Å². The summed E-state index contributed by atoms with van der Waals surface area (Å²) >= 11 is 0. The number of carbonyl (C=O) groups is 1. The van der Waals surface area contributed by atoms with Crippen LogP contribution in [-0.2, 0) is 17.1 Å². The lowest BCUT2D eigenvalue weighted by atomic mass is 10.1. The normalized spacial score (nSPS) is 14.4. The average molecular weight is 458 g/mol. The molecule has 0 saturated carbocycles. The van der Waals surface area contributed by atoms with Gasteiger partial charge in [-0.1, -0.05) is 31.2 Å². The second-order valence-corrected chi connectivity index (χ2v) is 6.58. The van der Waals surface area contributed by atoms with Crippen molar-refractivity contribution >= 4 is 17.8 Å². The van der Waals surface area contributed by atoms with Crippen molar-refractivity contribution in [3.8, 4) is 0 Å². The molecule has 0 spiro atoms. The first-order chi connectivity index (χ1) is 15.0. The van der Waals surface area contributed by atoms with Crippen molar-refractivity contribution in [3.63, 3.8) is 0 Å². The Kier molecular flexibility index (Phi) is 6.42. The lowest BCUT2D eigenvalue weighted by Gasteiger charge is -2.27. The summed E-state index contributed by atoms with van der Waals surface area (Å²) in [6.07, 6.45) is -9.47. The van der Waals surface area contributed by atoms with Crippen molar-refractivity contribution in [2.75, 3.05) is 6.61 Å². The molecule has 6 nitrogen and oxygen atoms in total. The third kappa shape index (κ3) is 5.18. The first kappa shape index (κ1) is 23.1. The van der Waals surface area contributed by atoms with E-state index in [2.05, 4.69) is 15.6 Å². The van der Waals surface area contributed by atoms with E-state index in [1.807, 2.05) is 0 Å². The Bertz CT molecular complexity index is 1030. The summed E-state index contributed by atoms with van der Waals surface area (Å²) in [5, 5.41) is 8.60. The van der Waals surface area contributed by atoms with Gasteiger partial charge in [0.1, 0.15) is 0 Å². The van der Waals surface area contributed by atoms with Gasteiger partial charge in [0.25, 0.3) is 0 Å². The van der Waals surface area contributed by atoms with Crippen LogP contribution in [-0.4, -0.2) is 29.4 Å². The largest absolute Gasteiger partial charge is 0.448 e. The van der Waals surface area contributed by atoms with Gasteiger partial charge < -0.3 is 4.74 Å². The molecule has 1 N–H and O–H groups in total. The van der Waals surface area contributed by atoms with Gasteiger partial charge in [-0.05, 0) is 30.7 Å². The van der Waals surface area contributed by atoms with E-state index < -0.39 is 29.6 Å². The lowest BCUT2D eigenvalue weighted by molar-refractivity contribution is -0.138. The standard InChI is InChI=1S/C20H16F6N4O2/c1-2-11-32-18(31)30-17(13-5-9-15(10-6-13)20(24,25)26)28-27-16(29-30)12-3-7-14(8-4-12)19(21,22)23/h3-10H,2,11H2,1H3,(H,27,29). The van der Waals surface area contributed by atoms with Gasteiger partial charge in [-0.2, -0.15) is 31.4 Å². The number of benzene rings is 2. The van der Waals surface area contributed by atoms with E-state index in [1.54, 1.807) is 6.92 Å². The van der Waals surface area contributed by atoms with Gasteiger partial charge in [0.2, 0.25) is 0 Å². The third-order valence-electron chi connectivity index (χ3n) is 4.24. The molecule has 1 heterocycles. The molecular formula is C20H16F6N4O2. The number of amidine groups is 2. The minimum atomic E-state index is -4.54. The molecule has 0 fully saturated rings. The van der Waals surface area contributed by atoms with E-state index in [4.69, 9.17) is 4.74 Å². The number of nitrogens with zero attached hydrogens (tertiary/aromatic N) is 3. The molecule has 32 heavy (non-hydrogen) atoms. The van der Waals surface area contributed by atoms with Crippen LogP contribution in [0.5, 0.6) is 0 Å². The van der Waals surface area contributed by atoms with Crippen molar-refractivity contribution in [2.45, 2.75) is 25.7 Å². The van der Waals surface area contributed by atoms with Crippen molar-refractivity contribution in [1.82, 2.24) is 10.4 Å². The van der Waals surface area contributed by atoms with Gasteiger partial charge >= 0.3 is 18.4 Å². The fourth-order valence-electron chi connectivity index (χ4n) is 2.64. The molecule has 2 aromatic carbocycles. The lowest BCUT2D eigenvalue weighted by Crippen LogP contribution is -2.52. The molecular weight excluding hydrogens is 442 g/mol. The Balaban J connectivity index is 1.95. The molecule has 0 unspecified atom stereocenters. The molecule has 12 heteroatoms. The Labute approximate surface area is 178 Å². The van der Waals surface area contributed by atoms with Crippen molar-refractivity contribution in [1.29, 1.82) is 0 Å². The number of hydrogen-bond donors (Lipinski definition) is 1. The fourth-order valence-corrected chi connectivity index (χ4v) is 2.64. The van der Waals surface area contributed by atoms with Gasteiger partial charge in [0.05, 0.1) is 17.7 Å². The maximum Gasteiger partial charge on any atom is 0.435 e. The van der Waals surface area contributed by atoms with Crippen LogP contribution in [0, 0.1) is 0 Å². The fraction of sp³-hybridized carbons (Fsp3) is 0.250. The van der Waals surface area contributed by atoms with Crippen molar-refractivity contribution in [2.24, 2.45) is 10.2 Å². The summed E-state index contributed by atoms with van der Waals surface area (Å²) in [6, 6.07) is 7.84. The van der Waals surface area contributed by atoms with Crippen LogP contribution in [0.2, 0.25) is 0 Å². The van der Waals surface area contributed by atoms with Gasteiger partial charge in [0, 0.05) is 11.1 Å². The summed E-state index contributed by atoms with van der Waals surface area (Å²) in [4.78, 5) is 12.5. The minimum Gasteiger partial charge on any atom is -0.448 e. The summed E-state index contributed by atoms with van der Waals surface area (Å²) in [5.74, 6) is -0.196. The topological polar surface area (TPSA) is 66.3 Å². The SMILES string of the molecule is CCCOC(=O)N1NC(c2ccc(C(F)(F)F)cc2)=NN=C1c1ccc(C(F)(F)F)cc1. The van der Waals surface area contributed by atoms with E-state index in [-0.39, 0.29) is 29.4 Å². The number of nitrogens with one attached hydrogen (secondary N) is 1. The molecule has 0 radical (unpaired) electrons. The van der Waals surface area contributed by atoms with Gasteiger partial charge in [-0.3, -0.25) is 5.43 Å². The number of hydrazine groups is 1. The number of amides is 1. The molecule has 0 bridgehead atoms. The second-order valence-electron chi connectivity index (χ2n) is 6.58. The molecule has 1 amide bonds. The quantitative estimate of drug-likeness (QED) is 0.641. The number of ether oxygens (including phenoxy) is 1. The van der Waals surface area contributed by atoms with Gasteiger partial charge in [-0.15, -0.1) is 10.2 Å². The number of hydrogen-bond acceptors (Lipinski definition) is 5. The molecule has 0 saturated heterocycles. The highest BCUT2D eigenvalue weighted by molar-refractivity contribution is 6.11. The highest BCUT2D eigenvalue weighted by atomic mass is 19.4. The zero-order valence-corrected chi connectivity index (χ0v) is 16.5. The zero-order valence-electron chi connectivity index (χ0n) is 16.5. The van der Waals surface area contributed by atoms with Crippen LogP contribution in [0.15, 0.2) is 58.7 Å². The molecule has 2 aromatic rings. The van der Waals surface area contributed by atoms with Crippen LogP contribution in [0.1, 0.15) is 35.6 Å². The Morgan fingerprint density at radius 2 is 1.38 bits per heavy atom. The molecule has 0 aliphatic carbocycles. The monoisotopic (exact) mass is 458 g/mol. The van der Waals surface area contributed by atoms with Crippen LogP contribution < -0.4 is 5.43 Å². The van der Waals surface area contributed by atoms with Gasteiger partial charge in [0.15, 0.2) is 11.7 Å². The molecule has 3 rings (SSSR count). The molecule has 1 aliphatic heterocycles. The predicted octanol–water partition coefficient (Wildman–Crippen LogP) is 5.20. The summed E-state index contributed by atoms with van der Waals surface area (Å²) in [5.41, 5.74) is 1.18. The zero-order chi connectivity index (χ0) is 23.5. The Morgan fingerprint density at radius 3 is 1.84 bits per heavy atom. The molecule has 0 atom stereocenters. The highest BCUT2D eigenvalue weighted by Gasteiger charge is 2.33. The van der Waals surface area contributed by atoms with E-state index in [9.17, 15) is 31.1 Å². The number of halogens is 6. The van der Waals surface area contributed by atoms with Crippen molar-refractivity contribution in [3.05, 3.63) is 70.8 Å². The summed E-state index contributed by atoms with van der Waals surface area (Å²) in [7, 11) is 0. The number of carbonyl (C=O) groups excluding carboxylic acids is 1. The minimum absolute atomic E-state index is 0.0529. The third-order valence-corrected chi connectivity index (χ3v) is 4.24. The summed E-state index contributed by atoms with van der Waals surface area (Å²) in [6.45, 7) is 1.82. The van der Waals surface area contributed by atoms with Crippen LogP contribution in [0.4, 0.5) is 31.1 Å². The van der Waals surface area contributed by atoms with Crippen LogP contribution in [0.3, 0.4) is 0 Å². The average Bonchev–Trinajstić information content (AvgIpc) is 2.76. The predicted molar refractivity (Wildman–Crippen MR) is 103 cm³/mol. The first-order valence-electron chi connectivity index (χ1n) is 9.25. The molecule has 170 valence electrons. The first-order valence-corrected chi connectivity index (χ1v) is 9.25. The maximum atomic E-state index is 12.8. The Morgan fingerprint density at radius 1 is 0.875 bits per heavy atom. The number of alkyl halides is 6. The smallest absolute Gasteiger partial charge is 0.435 e. The molecule has 1 aliphatic rings. The second kappa shape index (κ2) is 8.89. The van der Waals surface area contributed by atoms with Crippen molar-refractivity contribution < 1.29 is 35.9 Å². The summed E-state index contributed by atoms with van der Waals surface area (Å²) < 4.78 is 81.9. The Hall–Kier alpha value is -3.57. The van der Waals surface area contributed by atoms with Gasteiger partial charge in [-0.25, -0.2) is 4.79 Å². The van der Waals surface area contributed by atoms with Crippen LogP contribution >= 0.6 is 0 Å². The molecule has 0 aromatic heterocycles. The highest BCUT2D eigenvalue weighted by Crippen LogP contribution is 2.30. The maximum absolute atomic E-state index is 12.8. The van der Waals surface area contributed by atoms with E-state index in [1.165, 1.54) is 0 Å². The number of rotatable bonds is 4.